The largest absolute Gasteiger partial charge is 0.383 e. The molecule has 1 unspecified atom stereocenters. The van der Waals surface area contributed by atoms with Crippen molar-refractivity contribution in [2.75, 3.05) is 32.1 Å². The van der Waals surface area contributed by atoms with Crippen molar-refractivity contribution in [1.82, 2.24) is 15.1 Å². The van der Waals surface area contributed by atoms with Gasteiger partial charge in [-0.3, -0.25) is 14.7 Å². The average molecular weight is 266 g/mol. The van der Waals surface area contributed by atoms with Crippen molar-refractivity contribution >= 4 is 17.6 Å². The maximum atomic E-state index is 12.0. The van der Waals surface area contributed by atoms with Gasteiger partial charge < -0.3 is 15.0 Å². The Balaban J connectivity index is 1.89. The van der Waals surface area contributed by atoms with Crippen LogP contribution in [0.5, 0.6) is 0 Å². The Morgan fingerprint density at radius 1 is 1.68 bits per heavy atom. The van der Waals surface area contributed by atoms with E-state index in [1.807, 2.05) is 6.92 Å². The standard InChI is InChI=1S/C12H18N4O3/c1-8-5-10(15-14-8)13-12(18)9-6-11(17)16(7-9)3-4-19-2/h5,9H,3-4,6-7H2,1-2H3,(H2,13,14,15,18). The van der Waals surface area contributed by atoms with Crippen LogP contribution in [0.4, 0.5) is 5.82 Å². The molecule has 1 aromatic heterocycles. The summed E-state index contributed by atoms with van der Waals surface area (Å²) in [5.74, 6) is 0.00169. The van der Waals surface area contributed by atoms with Gasteiger partial charge in [-0.15, -0.1) is 0 Å². The minimum atomic E-state index is -0.318. The first kappa shape index (κ1) is 13.5. The smallest absolute Gasteiger partial charge is 0.230 e. The molecule has 2 heterocycles. The zero-order chi connectivity index (χ0) is 13.8. The molecule has 19 heavy (non-hydrogen) atoms. The number of nitrogens with one attached hydrogen (secondary N) is 2. The van der Waals surface area contributed by atoms with Gasteiger partial charge in [-0.2, -0.15) is 5.10 Å². The third-order valence-electron chi connectivity index (χ3n) is 3.11. The summed E-state index contributed by atoms with van der Waals surface area (Å²) < 4.78 is 4.94. The molecular weight excluding hydrogens is 248 g/mol. The number of aryl methyl sites for hydroxylation is 1. The van der Waals surface area contributed by atoms with Crippen molar-refractivity contribution in [3.63, 3.8) is 0 Å². The lowest BCUT2D eigenvalue weighted by atomic mass is 10.1. The second-order valence-corrected chi connectivity index (χ2v) is 4.66. The van der Waals surface area contributed by atoms with Crippen molar-refractivity contribution < 1.29 is 14.3 Å². The maximum Gasteiger partial charge on any atom is 0.230 e. The molecule has 2 amide bonds. The van der Waals surface area contributed by atoms with Crippen LogP contribution in [0.15, 0.2) is 6.07 Å². The maximum absolute atomic E-state index is 12.0. The Hall–Kier alpha value is -1.89. The summed E-state index contributed by atoms with van der Waals surface area (Å²) in [6.45, 7) is 3.31. The van der Waals surface area contributed by atoms with Crippen LogP contribution in [0, 0.1) is 12.8 Å². The average Bonchev–Trinajstić information content (AvgIpc) is 2.93. The van der Waals surface area contributed by atoms with Crippen LogP contribution < -0.4 is 5.32 Å². The zero-order valence-electron chi connectivity index (χ0n) is 11.1. The summed E-state index contributed by atoms with van der Waals surface area (Å²) in [6, 6.07) is 1.75. The molecule has 0 aliphatic carbocycles. The topological polar surface area (TPSA) is 87.3 Å². The highest BCUT2D eigenvalue weighted by Crippen LogP contribution is 2.19. The summed E-state index contributed by atoms with van der Waals surface area (Å²) in [5.41, 5.74) is 0.875. The number of carbonyl (C=O) groups excluding carboxylic acids is 2. The van der Waals surface area contributed by atoms with Gasteiger partial charge >= 0.3 is 0 Å². The molecule has 104 valence electrons. The Morgan fingerprint density at radius 3 is 3.11 bits per heavy atom. The molecule has 1 aliphatic rings. The molecule has 2 N–H and O–H groups in total. The van der Waals surface area contributed by atoms with E-state index in [1.54, 1.807) is 18.1 Å². The Bertz CT molecular complexity index is 471. The van der Waals surface area contributed by atoms with E-state index in [9.17, 15) is 9.59 Å². The predicted molar refractivity (Wildman–Crippen MR) is 68.5 cm³/mol. The molecule has 0 aromatic carbocycles. The van der Waals surface area contributed by atoms with E-state index in [0.29, 0.717) is 25.5 Å². The van der Waals surface area contributed by atoms with Gasteiger partial charge in [0.1, 0.15) is 0 Å². The van der Waals surface area contributed by atoms with Crippen LogP contribution in [0.25, 0.3) is 0 Å². The number of anilines is 1. The summed E-state index contributed by atoms with van der Waals surface area (Å²) in [6.07, 6.45) is 0.249. The normalized spacial score (nSPS) is 18.9. The fraction of sp³-hybridized carbons (Fsp3) is 0.583. The lowest BCUT2D eigenvalue weighted by Crippen LogP contribution is -2.30. The fourth-order valence-corrected chi connectivity index (χ4v) is 2.08. The number of carbonyl (C=O) groups is 2. The number of H-pyrrole nitrogens is 1. The number of rotatable bonds is 5. The molecule has 0 radical (unpaired) electrons. The van der Waals surface area contributed by atoms with Crippen molar-refractivity contribution in [1.29, 1.82) is 0 Å². The highest BCUT2D eigenvalue weighted by atomic mass is 16.5. The number of ether oxygens (including phenoxy) is 1. The van der Waals surface area contributed by atoms with Gasteiger partial charge in [-0.05, 0) is 6.92 Å². The van der Waals surface area contributed by atoms with Crippen molar-refractivity contribution in [2.45, 2.75) is 13.3 Å². The summed E-state index contributed by atoms with van der Waals surface area (Å²) in [7, 11) is 1.59. The van der Waals surface area contributed by atoms with Crippen LogP contribution in [-0.2, 0) is 14.3 Å². The number of likely N-dealkylation sites (tertiary alicyclic amines) is 1. The van der Waals surface area contributed by atoms with Crippen LogP contribution in [-0.4, -0.2) is 53.7 Å². The molecule has 2 rings (SSSR count). The van der Waals surface area contributed by atoms with Crippen LogP contribution in [0.1, 0.15) is 12.1 Å². The molecular formula is C12H18N4O3. The first-order valence-corrected chi connectivity index (χ1v) is 6.19. The van der Waals surface area contributed by atoms with E-state index in [-0.39, 0.29) is 24.2 Å². The molecule has 1 aliphatic heterocycles. The van der Waals surface area contributed by atoms with Crippen molar-refractivity contribution in [3.05, 3.63) is 11.8 Å². The number of nitrogens with zero attached hydrogens (tertiary/aromatic N) is 2. The summed E-state index contributed by atoms with van der Waals surface area (Å²) >= 11 is 0. The van der Waals surface area contributed by atoms with Gasteiger partial charge in [0.2, 0.25) is 11.8 Å². The lowest BCUT2D eigenvalue weighted by Gasteiger charge is -2.15. The quantitative estimate of drug-likeness (QED) is 0.794. The first-order valence-electron chi connectivity index (χ1n) is 6.19. The van der Waals surface area contributed by atoms with Crippen LogP contribution in [0.3, 0.4) is 0 Å². The number of methoxy groups -OCH3 is 1. The minimum absolute atomic E-state index is 0.00425. The molecule has 0 saturated carbocycles. The van der Waals surface area contributed by atoms with Crippen molar-refractivity contribution in [2.24, 2.45) is 5.92 Å². The van der Waals surface area contributed by atoms with Crippen LogP contribution >= 0.6 is 0 Å². The van der Waals surface area contributed by atoms with E-state index in [2.05, 4.69) is 15.5 Å². The molecule has 1 saturated heterocycles. The van der Waals surface area contributed by atoms with Gasteiger partial charge in [-0.25, -0.2) is 0 Å². The van der Waals surface area contributed by atoms with E-state index in [0.717, 1.165) is 5.69 Å². The Morgan fingerprint density at radius 2 is 2.47 bits per heavy atom. The number of aromatic amines is 1. The molecule has 7 heteroatoms. The number of aromatic nitrogens is 2. The molecule has 0 bridgehead atoms. The van der Waals surface area contributed by atoms with Gasteiger partial charge in [-0.1, -0.05) is 0 Å². The van der Waals surface area contributed by atoms with E-state index in [4.69, 9.17) is 4.74 Å². The third kappa shape index (κ3) is 3.31. The van der Waals surface area contributed by atoms with Crippen molar-refractivity contribution in [3.8, 4) is 0 Å². The van der Waals surface area contributed by atoms with Gasteiger partial charge in [0, 0.05) is 38.4 Å². The summed E-state index contributed by atoms with van der Waals surface area (Å²) in [5, 5.41) is 9.40. The molecule has 1 fully saturated rings. The molecule has 1 atom stereocenters. The monoisotopic (exact) mass is 266 g/mol. The first-order chi connectivity index (χ1) is 9.10. The van der Waals surface area contributed by atoms with Crippen LogP contribution in [0.2, 0.25) is 0 Å². The van der Waals surface area contributed by atoms with E-state index < -0.39 is 0 Å². The van der Waals surface area contributed by atoms with Gasteiger partial charge in [0.15, 0.2) is 5.82 Å². The highest BCUT2D eigenvalue weighted by Gasteiger charge is 2.34. The SMILES string of the molecule is COCCN1CC(C(=O)Nc2cc(C)[nH]n2)CC1=O. The lowest BCUT2D eigenvalue weighted by molar-refractivity contribution is -0.128. The number of amides is 2. The second kappa shape index (κ2) is 5.83. The number of hydrogen-bond acceptors (Lipinski definition) is 4. The van der Waals surface area contributed by atoms with Gasteiger partial charge in [0.05, 0.1) is 12.5 Å². The molecule has 0 spiro atoms. The highest BCUT2D eigenvalue weighted by molar-refractivity contribution is 5.96. The number of hydrogen-bond donors (Lipinski definition) is 2. The summed E-state index contributed by atoms with van der Waals surface area (Å²) in [4.78, 5) is 25.4. The fourth-order valence-electron chi connectivity index (χ4n) is 2.08. The third-order valence-corrected chi connectivity index (χ3v) is 3.11. The van der Waals surface area contributed by atoms with E-state index in [1.165, 1.54) is 0 Å². The predicted octanol–water partition coefficient (Wildman–Crippen LogP) is 0.152. The minimum Gasteiger partial charge on any atom is -0.383 e. The van der Waals surface area contributed by atoms with E-state index >= 15 is 0 Å². The Kier molecular flexibility index (Phi) is 4.16. The van der Waals surface area contributed by atoms with Gasteiger partial charge in [0.25, 0.3) is 0 Å². The molecule has 1 aromatic rings. The zero-order valence-corrected chi connectivity index (χ0v) is 11.1. The second-order valence-electron chi connectivity index (χ2n) is 4.66. The Labute approximate surface area is 111 Å². The molecule has 7 nitrogen and oxygen atoms in total.